The Balaban J connectivity index is 1.71. The molecule has 3 heteroatoms. The topological polar surface area (TPSA) is 29.3 Å². The van der Waals surface area contributed by atoms with Gasteiger partial charge in [0.15, 0.2) is 0 Å². The number of fused-ring (bicyclic) bond motifs is 1. The first-order valence-electron chi connectivity index (χ1n) is 7.27. The van der Waals surface area contributed by atoms with Crippen molar-refractivity contribution in [1.29, 1.82) is 0 Å². The van der Waals surface area contributed by atoms with Crippen LogP contribution in [0.3, 0.4) is 0 Å². The molecular weight excluding hydrogens is 240 g/mol. The van der Waals surface area contributed by atoms with Crippen molar-refractivity contribution < 1.29 is 0 Å². The normalized spacial score (nSPS) is 28.0. The largest absolute Gasteiger partial charge is 0.324 e. The highest BCUT2D eigenvalue weighted by Gasteiger charge is 2.33. The van der Waals surface area contributed by atoms with Crippen molar-refractivity contribution >= 4 is 11.3 Å². The van der Waals surface area contributed by atoms with Crippen molar-refractivity contribution in [2.24, 2.45) is 5.73 Å². The molecule has 1 atom stereocenters. The molecule has 1 saturated carbocycles. The monoisotopic (exact) mass is 264 g/mol. The van der Waals surface area contributed by atoms with Gasteiger partial charge < -0.3 is 5.73 Å². The Bertz CT molecular complexity index is 406. The van der Waals surface area contributed by atoms with Gasteiger partial charge in [-0.3, -0.25) is 4.90 Å². The molecule has 0 bridgehead atoms. The van der Waals surface area contributed by atoms with Gasteiger partial charge in [0.05, 0.1) is 0 Å². The Labute approximate surface area is 114 Å². The van der Waals surface area contributed by atoms with Crippen LogP contribution in [0.1, 0.15) is 55.5 Å². The van der Waals surface area contributed by atoms with E-state index < -0.39 is 0 Å². The molecule has 0 aromatic carbocycles. The summed E-state index contributed by atoms with van der Waals surface area (Å²) in [6.07, 6.45) is 7.67. The highest BCUT2D eigenvalue weighted by molar-refractivity contribution is 7.10. The Morgan fingerprint density at radius 1 is 1.39 bits per heavy atom. The molecule has 3 rings (SSSR count). The molecule has 1 aliphatic carbocycles. The van der Waals surface area contributed by atoms with Gasteiger partial charge in [-0.1, -0.05) is 19.3 Å². The van der Waals surface area contributed by atoms with Crippen molar-refractivity contribution in [3.63, 3.8) is 0 Å². The van der Waals surface area contributed by atoms with Crippen molar-refractivity contribution in [3.05, 3.63) is 21.9 Å². The molecule has 1 aromatic heterocycles. The Morgan fingerprint density at radius 2 is 2.17 bits per heavy atom. The maximum Gasteiger partial charge on any atom is 0.0331 e. The number of thiophene rings is 1. The third-order valence-corrected chi connectivity index (χ3v) is 5.77. The quantitative estimate of drug-likeness (QED) is 0.888. The Kier molecular flexibility index (Phi) is 3.48. The summed E-state index contributed by atoms with van der Waals surface area (Å²) in [7, 11) is 0. The second-order valence-electron chi connectivity index (χ2n) is 6.12. The van der Waals surface area contributed by atoms with Gasteiger partial charge >= 0.3 is 0 Å². The second kappa shape index (κ2) is 4.95. The van der Waals surface area contributed by atoms with E-state index in [4.69, 9.17) is 5.73 Å². The molecule has 2 aliphatic rings. The van der Waals surface area contributed by atoms with E-state index in [0.29, 0.717) is 6.04 Å². The molecule has 0 saturated heterocycles. The summed E-state index contributed by atoms with van der Waals surface area (Å²) >= 11 is 1.92. The molecule has 0 radical (unpaired) electrons. The Hall–Kier alpha value is -0.380. The van der Waals surface area contributed by atoms with E-state index >= 15 is 0 Å². The number of nitrogens with two attached hydrogens (primary N) is 1. The van der Waals surface area contributed by atoms with Crippen LogP contribution in [0.25, 0.3) is 0 Å². The number of rotatable bonds is 2. The standard InChI is InChI=1S/C15H24N2S/c1-12-13-6-10-18-14(13)5-9-17(12)11-15(16)7-3-2-4-8-15/h6,10,12H,2-5,7-9,11,16H2,1H3. The van der Waals surface area contributed by atoms with Gasteiger partial charge in [-0.05, 0) is 43.2 Å². The first kappa shape index (κ1) is 12.6. The molecule has 2 N–H and O–H groups in total. The number of nitrogens with zero attached hydrogens (tertiary/aromatic N) is 1. The van der Waals surface area contributed by atoms with Crippen LogP contribution in [-0.4, -0.2) is 23.5 Å². The SMILES string of the molecule is CC1c2ccsc2CCN1CC1(N)CCCCC1. The second-order valence-corrected chi connectivity index (χ2v) is 7.12. The summed E-state index contributed by atoms with van der Waals surface area (Å²) in [6.45, 7) is 4.62. The minimum atomic E-state index is 0.0834. The fourth-order valence-electron chi connectivity index (χ4n) is 3.60. The zero-order chi connectivity index (χ0) is 12.6. The van der Waals surface area contributed by atoms with Gasteiger partial charge in [-0.15, -0.1) is 11.3 Å². The zero-order valence-electron chi connectivity index (χ0n) is 11.3. The van der Waals surface area contributed by atoms with Crippen LogP contribution in [0.15, 0.2) is 11.4 Å². The molecule has 100 valence electrons. The first-order valence-corrected chi connectivity index (χ1v) is 8.15. The van der Waals surface area contributed by atoms with Crippen LogP contribution in [0, 0.1) is 0 Å². The minimum absolute atomic E-state index is 0.0834. The van der Waals surface area contributed by atoms with E-state index in [0.717, 1.165) is 6.54 Å². The van der Waals surface area contributed by atoms with Crippen LogP contribution in [0.4, 0.5) is 0 Å². The minimum Gasteiger partial charge on any atom is -0.324 e. The lowest BCUT2D eigenvalue weighted by Crippen LogP contribution is -2.53. The van der Waals surface area contributed by atoms with Gasteiger partial charge in [0, 0.05) is 29.5 Å². The lowest BCUT2D eigenvalue weighted by atomic mass is 9.81. The lowest BCUT2D eigenvalue weighted by Gasteiger charge is -2.42. The van der Waals surface area contributed by atoms with Crippen molar-refractivity contribution in [2.45, 2.75) is 57.0 Å². The fraction of sp³-hybridized carbons (Fsp3) is 0.733. The fourth-order valence-corrected chi connectivity index (χ4v) is 4.56. The van der Waals surface area contributed by atoms with Gasteiger partial charge in [-0.2, -0.15) is 0 Å². The van der Waals surface area contributed by atoms with Crippen molar-refractivity contribution in [1.82, 2.24) is 4.90 Å². The maximum atomic E-state index is 6.61. The summed E-state index contributed by atoms with van der Waals surface area (Å²) in [5, 5.41) is 2.24. The molecule has 0 amide bonds. The van der Waals surface area contributed by atoms with Gasteiger partial charge in [0.1, 0.15) is 0 Å². The summed E-state index contributed by atoms with van der Waals surface area (Å²) in [5.74, 6) is 0. The molecule has 1 fully saturated rings. The smallest absolute Gasteiger partial charge is 0.0331 e. The third-order valence-electron chi connectivity index (χ3n) is 4.77. The van der Waals surface area contributed by atoms with Crippen LogP contribution in [0.5, 0.6) is 0 Å². The average molecular weight is 264 g/mol. The predicted molar refractivity (Wildman–Crippen MR) is 78.0 cm³/mol. The highest BCUT2D eigenvalue weighted by Crippen LogP contribution is 2.35. The molecule has 0 spiro atoms. The van der Waals surface area contributed by atoms with E-state index in [9.17, 15) is 0 Å². The van der Waals surface area contributed by atoms with Gasteiger partial charge in [-0.25, -0.2) is 0 Å². The molecule has 2 heterocycles. The van der Waals surface area contributed by atoms with Crippen LogP contribution >= 0.6 is 11.3 Å². The predicted octanol–water partition coefficient (Wildman–Crippen LogP) is 3.33. The maximum absolute atomic E-state index is 6.61. The number of hydrogen-bond acceptors (Lipinski definition) is 3. The summed E-state index contributed by atoms with van der Waals surface area (Å²) in [5.41, 5.74) is 8.24. The van der Waals surface area contributed by atoms with Crippen LogP contribution in [-0.2, 0) is 6.42 Å². The van der Waals surface area contributed by atoms with E-state index in [1.807, 2.05) is 11.3 Å². The van der Waals surface area contributed by atoms with E-state index in [1.54, 1.807) is 10.4 Å². The van der Waals surface area contributed by atoms with Crippen molar-refractivity contribution in [3.8, 4) is 0 Å². The van der Waals surface area contributed by atoms with E-state index in [1.165, 1.54) is 45.1 Å². The van der Waals surface area contributed by atoms with Gasteiger partial charge in [0.2, 0.25) is 0 Å². The third kappa shape index (κ3) is 2.36. The molecule has 1 aliphatic heterocycles. The summed E-state index contributed by atoms with van der Waals surface area (Å²) in [6, 6.07) is 2.86. The van der Waals surface area contributed by atoms with Crippen LogP contribution < -0.4 is 5.73 Å². The van der Waals surface area contributed by atoms with Crippen LogP contribution in [0.2, 0.25) is 0 Å². The molecule has 1 aromatic rings. The van der Waals surface area contributed by atoms with Crippen molar-refractivity contribution in [2.75, 3.05) is 13.1 Å². The molecule has 1 unspecified atom stereocenters. The lowest BCUT2D eigenvalue weighted by molar-refractivity contribution is 0.130. The van der Waals surface area contributed by atoms with E-state index in [-0.39, 0.29) is 5.54 Å². The summed E-state index contributed by atoms with van der Waals surface area (Å²) < 4.78 is 0. The van der Waals surface area contributed by atoms with Gasteiger partial charge in [0.25, 0.3) is 0 Å². The highest BCUT2D eigenvalue weighted by atomic mass is 32.1. The Morgan fingerprint density at radius 3 is 2.94 bits per heavy atom. The average Bonchev–Trinajstić information content (AvgIpc) is 2.83. The summed E-state index contributed by atoms with van der Waals surface area (Å²) in [4.78, 5) is 4.20. The molecular formula is C15H24N2S. The van der Waals surface area contributed by atoms with E-state index in [2.05, 4.69) is 23.3 Å². The first-order chi connectivity index (χ1) is 8.68. The molecule has 18 heavy (non-hydrogen) atoms. The molecule has 2 nitrogen and oxygen atoms in total. The zero-order valence-corrected chi connectivity index (χ0v) is 12.1. The number of hydrogen-bond donors (Lipinski definition) is 1.